The normalized spacial score (nSPS) is 15.2. The van der Waals surface area contributed by atoms with Crippen LogP contribution in [0.15, 0.2) is 47.8 Å². The summed E-state index contributed by atoms with van der Waals surface area (Å²) in [6.07, 6.45) is 5.10. The molecule has 0 amide bonds. The molecule has 0 atom stereocenters. The van der Waals surface area contributed by atoms with Crippen LogP contribution in [0.2, 0.25) is 0 Å². The van der Waals surface area contributed by atoms with Gasteiger partial charge in [-0.25, -0.2) is 4.98 Å². The molecule has 6 heteroatoms. The third kappa shape index (κ3) is 3.76. The second-order valence-corrected chi connectivity index (χ2v) is 5.63. The summed E-state index contributed by atoms with van der Waals surface area (Å²) in [5, 5.41) is 12.9. The molecule has 0 saturated carbocycles. The fraction of sp³-hybridized carbons (Fsp3) is 0.333. The van der Waals surface area contributed by atoms with Gasteiger partial charge in [-0.05, 0) is 49.6 Å². The predicted octanol–water partition coefficient (Wildman–Crippen LogP) is 3.50. The zero-order chi connectivity index (χ0) is 16.8. The minimum Gasteiger partial charge on any atom is -0.497 e. The van der Waals surface area contributed by atoms with Crippen molar-refractivity contribution >= 4 is 5.84 Å². The van der Waals surface area contributed by atoms with Crippen molar-refractivity contribution in [2.24, 2.45) is 5.16 Å². The zero-order valence-electron chi connectivity index (χ0n) is 13.7. The molecule has 1 aromatic carbocycles. The molecule has 1 saturated heterocycles. The summed E-state index contributed by atoms with van der Waals surface area (Å²) in [5.74, 6) is 2.46. The quantitative estimate of drug-likeness (QED) is 0.403. The van der Waals surface area contributed by atoms with E-state index in [0.29, 0.717) is 17.5 Å². The largest absolute Gasteiger partial charge is 0.497 e. The van der Waals surface area contributed by atoms with Crippen LogP contribution in [0.3, 0.4) is 0 Å². The number of pyridine rings is 1. The minimum atomic E-state index is 0.454. The number of methoxy groups -OCH3 is 1. The molecular weight excluding hydrogens is 306 g/mol. The molecule has 2 aromatic rings. The Hall–Kier alpha value is -2.76. The van der Waals surface area contributed by atoms with E-state index in [1.807, 2.05) is 30.3 Å². The number of amidine groups is 1. The Morgan fingerprint density at radius 1 is 1.08 bits per heavy atom. The van der Waals surface area contributed by atoms with Crippen molar-refractivity contribution in [2.45, 2.75) is 19.3 Å². The van der Waals surface area contributed by atoms with Crippen molar-refractivity contribution < 1.29 is 14.7 Å². The smallest absolute Gasteiger partial charge is 0.219 e. The third-order valence-corrected chi connectivity index (χ3v) is 4.03. The highest BCUT2D eigenvalue weighted by molar-refractivity contribution is 5.98. The van der Waals surface area contributed by atoms with E-state index in [1.165, 1.54) is 6.42 Å². The molecular formula is C18H21N3O3. The first-order valence-corrected chi connectivity index (χ1v) is 8.05. The molecule has 0 unspecified atom stereocenters. The maximum absolute atomic E-state index is 9.44. The van der Waals surface area contributed by atoms with Gasteiger partial charge >= 0.3 is 0 Å². The van der Waals surface area contributed by atoms with Gasteiger partial charge in [-0.15, -0.1) is 0 Å². The average molecular weight is 327 g/mol. The van der Waals surface area contributed by atoms with Crippen molar-refractivity contribution in [3.63, 3.8) is 0 Å². The van der Waals surface area contributed by atoms with E-state index in [1.54, 1.807) is 19.4 Å². The Morgan fingerprint density at radius 2 is 1.79 bits per heavy atom. The van der Waals surface area contributed by atoms with Gasteiger partial charge in [-0.3, -0.25) is 0 Å². The van der Waals surface area contributed by atoms with E-state index in [4.69, 9.17) is 9.47 Å². The fourth-order valence-corrected chi connectivity index (χ4v) is 2.78. The summed E-state index contributed by atoms with van der Waals surface area (Å²) in [6, 6.07) is 10.9. The number of benzene rings is 1. The van der Waals surface area contributed by atoms with Crippen molar-refractivity contribution in [2.75, 3.05) is 20.2 Å². The van der Waals surface area contributed by atoms with Gasteiger partial charge < -0.3 is 19.6 Å². The number of piperidine rings is 1. The number of rotatable bonds is 4. The molecule has 1 N–H and O–H groups in total. The zero-order valence-corrected chi connectivity index (χ0v) is 13.7. The van der Waals surface area contributed by atoms with Gasteiger partial charge in [0.1, 0.15) is 11.5 Å². The molecule has 0 aliphatic carbocycles. The summed E-state index contributed by atoms with van der Waals surface area (Å²) < 4.78 is 10.9. The molecule has 24 heavy (non-hydrogen) atoms. The van der Waals surface area contributed by atoms with E-state index in [-0.39, 0.29) is 0 Å². The van der Waals surface area contributed by atoms with Crippen LogP contribution in [-0.2, 0) is 0 Å². The Morgan fingerprint density at radius 3 is 2.46 bits per heavy atom. The Bertz CT molecular complexity index is 695. The Balaban J connectivity index is 1.77. The van der Waals surface area contributed by atoms with Crippen LogP contribution in [0, 0.1) is 0 Å². The van der Waals surface area contributed by atoms with E-state index in [2.05, 4.69) is 15.0 Å². The van der Waals surface area contributed by atoms with Gasteiger partial charge in [0.15, 0.2) is 5.84 Å². The number of nitrogens with zero attached hydrogens (tertiary/aromatic N) is 3. The monoisotopic (exact) mass is 327 g/mol. The van der Waals surface area contributed by atoms with Gasteiger partial charge in [0, 0.05) is 30.9 Å². The van der Waals surface area contributed by atoms with Gasteiger partial charge in [0.2, 0.25) is 5.88 Å². The third-order valence-electron chi connectivity index (χ3n) is 4.03. The molecule has 1 aliphatic rings. The molecule has 1 aliphatic heterocycles. The SMILES string of the molecule is COc1ccc(Oc2cc(/C(=N/O)N3CCCCC3)ccn2)cc1. The van der Waals surface area contributed by atoms with Crippen molar-refractivity contribution in [3.8, 4) is 17.4 Å². The molecule has 0 bridgehead atoms. The lowest BCUT2D eigenvalue weighted by molar-refractivity contribution is 0.286. The lowest BCUT2D eigenvalue weighted by Crippen LogP contribution is -2.36. The summed E-state index contributed by atoms with van der Waals surface area (Å²) in [5.41, 5.74) is 0.790. The van der Waals surface area contributed by atoms with Crippen molar-refractivity contribution in [1.82, 2.24) is 9.88 Å². The lowest BCUT2D eigenvalue weighted by Gasteiger charge is -2.28. The van der Waals surface area contributed by atoms with Gasteiger partial charge in [-0.2, -0.15) is 0 Å². The molecule has 1 aromatic heterocycles. The topological polar surface area (TPSA) is 67.2 Å². The van der Waals surface area contributed by atoms with Crippen LogP contribution in [0.25, 0.3) is 0 Å². The number of likely N-dealkylation sites (tertiary alicyclic amines) is 1. The molecule has 2 heterocycles. The maximum Gasteiger partial charge on any atom is 0.219 e. The molecule has 0 radical (unpaired) electrons. The summed E-state index contributed by atoms with van der Waals surface area (Å²) in [4.78, 5) is 6.32. The second kappa shape index (κ2) is 7.68. The van der Waals surface area contributed by atoms with Crippen LogP contribution in [-0.4, -0.2) is 41.1 Å². The molecule has 6 nitrogen and oxygen atoms in total. The summed E-state index contributed by atoms with van der Waals surface area (Å²) >= 11 is 0. The highest BCUT2D eigenvalue weighted by Crippen LogP contribution is 2.23. The van der Waals surface area contributed by atoms with E-state index >= 15 is 0 Å². The van der Waals surface area contributed by atoms with Gasteiger partial charge in [0.05, 0.1) is 7.11 Å². The van der Waals surface area contributed by atoms with Gasteiger partial charge in [-0.1, -0.05) is 5.16 Å². The Labute approximate surface area is 141 Å². The van der Waals surface area contributed by atoms with Crippen LogP contribution >= 0.6 is 0 Å². The highest BCUT2D eigenvalue weighted by atomic mass is 16.5. The minimum absolute atomic E-state index is 0.454. The summed E-state index contributed by atoms with van der Waals surface area (Å²) in [6.45, 7) is 1.80. The second-order valence-electron chi connectivity index (χ2n) is 5.63. The van der Waals surface area contributed by atoms with Crippen molar-refractivity contribution in [1.29, 1.82) is 0 Å². The first-order chi connectivity index (χ1) is 11.8. The lowest BCUT2D eigenvalue weighted by atomic mass is 10.1. The van der Waals surface area contributed by atoms with E-state index < -0.39 is 0 Å². The number of oxime groups is 1. The first-order valence-electron chi connectivity index (χ1n) is 8.05. The molecule has 126 valence electrons. The summed E-state index contributed by atoms with van der Waals surface area (Å²) in [7, 11) is 1.62. The Kier molecular flexibility index (Phi) is 5.15. The van der Waals surface area contributed by atoms with E-state index in [9.17, 15) is 5.21 Å². The van der Waals surface area contributed by atoms with Crippen LogP contribution in [0.5, 0.6) is 17.4 Å². The predicted molar refractivity (Wildman–Crippen MR) is 91.1 cm³/mol. The van der Waals surface area contributed by atoms with Crippen LogP contribution in [0.1, 0.15) is 24.8 Å². The highest BCUT2D eigenvalue weighted by Gasteiger charge is 2.18. The van der Waals surface area contributed by atoms with Gasteiger partial charge in [0.25, 0.3) is 0 Å². The number of ether oxygens (including phenoxy) is 2. The molecule has 3 rings (SSSR count). The van der Waals surface area contributed by atoms with Crippen LogP contribution < -0.4 is 9.47 Å². The average Bonchev–Trinajstić information content (AvgIpc) is 2.64. The maximum atomic E-state index is 9.44. The van der Waals surface area contributed by atoms with Crippen molar-refractivity contribution in [3.05, 3.63) is 48.2 Å². The molecule has 1 fully saturated rings. The fourth-order valence-electron chi connectivity index (χ4n) is 2.78. The first kappa shape index (κ1) is 16.1. The van der Waals surface area contributed by atoms with E-state index in [0.717, 1.165) is 37.2 Å². The standard InChI is InChI=1S/C18H21N3O3/c1-23-15-5-7-16(8-6-15)24-17-13-14(9-10-19-17)18(20-22)21-11-3-2-4-12-21/h5-10,13,22H,2-4,11-12H2,1H3/b20-18-. The molecule has 0 spiro atoms. The number of hydrogen-bond acceptors (Lipinski definition) is 5. The number of hydrogen-bond donors (Lipinski definition) is 1. The number of aromatic nitrogens is 1. The van der Waals surface area contributed by atoms with Crippen LogP contribution in [0.4, 0.5) is 0 Å².